The average molecular weight is 448 g/mol. The highest BCUT2D eigenvalue weighted by molar-refractivity contribution is 6.08. The molecular weight excluding hydrogens is 424 g/mol. The van der Waals surface area contributed by atoms with Crippen molar-refractivity contribution in [3.05, 3.63) is 64.9 Å². The molecule has 4 aromatic rings. The van der Waals surface area contributed by atoms with Crippen molar-refractivity contribution in [3.8, 4) is 5.75 Å². The largest absolute Gasteiger partial charge is 0.496 e. The summed E-state index contributed by atoms with van der Waals surface area (Å²) in [4.78, 5) is 25.2. The number of carbonyl (C=O) groups excluding carboxylic acids is 1. The fourth-order valence-corrected chi connectivity index (χ4v) is 4.43. The highest BCUT2D eigenvalue weighted by Gasteiger charge is 2.27. The number of nitrogens with one attached hydrogen (secondary N) is 1. The second kappa shape index (κ2) is 8.53. The minimum absolute atomic E-state index is 0.209. The monoisotopic (exact) mass is 448 g/mol. The van der Waals surface area contributed by atoms with E-state index in [2.05, 4.69) is 15.5 Å². The molecule has 1 aliphatic carbocycles. The summed E-state index contributed by atoms with van der Waals surface area (Å²) in [6.45, 7) is 0. The number of fused-ring (bicyclic) bond motifs is 1. The van der Waals surface area contributed by atoms with E-state index in [1.807, 2.05) is 10.9 Å². The number of benzene rings is 1. The topological polar surface area (TPSA) is 117 Å². The predicted molar refractivity (Wildman–Crippen MR) is 120 cm³/mol. The lowest BCUT2D eigenvalue weighted by Crippen LogP contribution is -2.23. The SMILES string of the molecule is COc1cc2nn(C3CCC(c4nnco4)CC3)cc2cc1C(=O)Nc1cccn(C)c1=O. The molecule has 1 saturated carbocycles. The molecule has 1 fully saturated rings. The number of methoxy groups -OCH3 is 1. The molecule has 0 atom stereocenters. The van der Waals surface area contributed by atoms with Gasteiger partial charge in [0.25, 0.3) is 11.5 Å². The maximum atomic E-state index is 13.0. The van der Waals surface area contributed by atoms with Gasteiger partial charge in [-0.2, -0.15) is 5.10 Å². The van der Waals surface area contributed by atoms with Crippen molar-refractivity contribution in [2.45, 2.75) is 37.6 Å². The van der Waals surface area contributed by atoms with Crippen LogP contribution in [0.4, 0.5) is 5.69 Å². The molecule has 10 heteroatoms. The quantitative estimate of drug-likeness (QED) is 0.498. The van der Waals surface area contributed by atoms with Crippen molar-refractivity contribution < 1.29 is 13.9 Å². The Hall–Kier alpha value is -3.95. The summed E-state index contributed by atoms with van der Waals surface area (Å²) in [7, 11) is 3.14. The Morgan fingerprint density at radius 1 is 1.24 bits per heavy atom. The number of carbonyl (C=O) groups is 1. The zero-order valence-electron chi connectivity index (χ0n) is 18.4. The molecule has 0 radical (unpaired) electrons. The van der Waals surface area contributed by atoms with Crippen LogP contribution in [0, 0.1) is 0 Å². The van der Waals surface area contributed by atoms with Crippen LogP contribution in [0.3, 0.4) is 0 Å². The zero-order chi connectivity index (χ0) is 22.9. The summed E-state index contributed by atoms with van der Waals surface area (Å²) in [5, 5.41) is 16.1. The van der Waals surface area contributed by atoms with Gasteiger partial charge in [-0.15, -0.1) is 10.2 Å². The lowest BCUT2D eigenvalue weighted by Gasteiger charge is -2.26. The van der Waals surface area contributed by atoms with Gasteiger partial charge < -0.3 is 19.0 Å². The Labute approximate surface area is 189 Å². The van der Waals surface area contributed by atoms with E-state index in [-0.39, 0.29) is 23.2 Å². The molecule has 0 bridgehead atoms. The van der Waals surface area contributed by atoms with Crippen LogP contribution in [0.15, 0.2) is 52.3 Å². The molecular formula is C23H24N6O4. The Morgan fingerprint density at radius 3 is 2.79 bits per heavy atom. The molecule has 3 aromatic heterocycles. The Kier molecular flexibility index (Phi) is 5.41. The maximum absolute atomic E-state index is 13.0. The molecule has 1 N–H and O–H groups in total. The molecule has 0 spiro atoms. The lowest BCUT2D eigenvalue weighted by atomic mass is 9.86. The number of pyridine rings is 1. The fourth-order valence-electron chi connectivity index (χ4n) is 4.43. The smallest absolute Gasteiger partial charge is 0.274 e. The van der Waals surface area contributed by atoms with E-state index in [0.29, 0.717) is 17.2 Å². The second-order valence-electron chi connectivity index (χ2n) is 8.29. The van der Waals surface area contributed by atoms with Crippen LogP contribution in [0.25, 0.3) is 10.9 Å². The number of hydrogen-bond acceptors (Lipinski definition) is 7. The van der Waals surface area contributed by atoms with Gasteiger partial charge in [0.15, 0.2) is 0 Å². The van der Waals surface area contributed by atoms with Crippen molar-refractivity contribution in [2.75, 3.05) is 12.4 Å². The molecule has 0 aliphatic heterocycles. The van der Waals surface area contributed by atoms with Crippen molar-refractivity contribution in [2.24, 2.45) is 7.05 Å². The van der Waals surface area contributed by atoms with Gasteiger partial charge in [-0.05, 0) is 43.9 Å². The van der Waals surface area contributed by atoms with Crippen LogP contribution in [-0.2, 0) is 7.05 Å². The molecule has 10 nitrogen and oxygen atoms in total. The van der Waals surface area contributed by atoms with Crippen LogP contribution in [-0.4, -0.2) is 37.6 Å². The number of aryl methyl sites for hydroxylation is 1. The molecule has 1 aliphatic rings. The first-order chi connectivity index (χ1) is 16.0. The third kappa shape index (κ3) is 3.99. The van der Waals surface area contributed by atoms with Gasteiger partial charge in [0.2, 0.25) is 12.3 Å². The third-order valence-corrected chi connectivity index (χ3v) is 6.26. The van der Waals surface area contributed by atoms with Gasteiger partial charge >= 0.3 is 0 Å². The minimum atomic E-state index is -0.412. The van der Waals surface area contributed by atoms with Gasteiger partial charge in [0, 0.05) is 36.8 Å². The number of amides is 1. The number of nitrogens with zero attached hydrogens (tertiary/aromatic N) is 5. The lowest BCUT2D eigenvalue weighted by molar-refractivity contribution is 0.102. The van der Waals surface area contributed by atoms with E-state index >= 15 is 0 Å². The van der Waals surface area contributed by atoms with E-state index in [4.69, 9.17) is 14.3 Å². The molecule has 3 heterocycles. The number of ether oxygens (including phenoxy) is 1. The van der Waals surface area contributed by atoms with E-state index in [0.717, 1.165) is 36.6 Å². The molecule has 0 saturated heterocycles. The third-order valence-electron chi connectivity index (χ3n) is 6.26. The van der Waals surface area contributed by atoms with Crippen molar-refractivity contribution in [1.82, 2.24) is 24.5 Å². The predicted octanol–water partition coefficient (Wildman–Crippen LogP) is 3.28. The fraction of sp³-hybridized carbons (Fsp3) is 0.348. The van der Waals surface area contributed by atoms with Gasteiger partial charge in [0.05, 0.1) is 24.2 Å². The standard InChI is InChI=1S/C23H24N6O4/c1-28-9-3-4-18(23(28)31)25-21(30)17-10-15-12-29(27-19(15)11-20(17)32-2)16-7-5-14(6-8-16)22-26-24-13-33-22/h3-4,9-14,16H,5-8H2,1-2H3,(H,25,30). The molecule has 0 unspecified atom stereocenters. The van der Waals surface area contributed by atoms with E-state index in [9.17, 15) is 9.59 Å². The number of anilines is 1. The first-order valence-electron chi connectivity index (χ1n) is 10.8. The van der Waals surface area contributed by atoms with E-state index in [1.54, 1.807) is 37.5 Å². The molecule has 1 aromatic carbocycles. The molecule has 33 heavy (non-hydrogen) atoms. The first-order valence-corrected chi connectivity index (χ1v) is 10.8. The molecule has 170 valence electrons. The number of rotatable bonds is 5. The summed E-state index contributed by atoms with van der Waals surface area (Å²) in [6, 6.07) is 7.05. The highest BCUT2D eigenvalue weighted by Crippen LogP contribution is 2.37. The summed E-state index contributed by atoms with van der Waals surface area (Å²) in [5.74, 6) is 0.977. The summed E-state index contributed by atoms with van der Waals surface area (Å²) in [5.41, 5.74) is 1.02. The van der Waals surface area contributed by atoms with Crippen molar-refractivity contribution >= 4 is 22.5 Å². The summed E-state index contributed by atoms with van der Waals surface area (Å²) < 4.78 is 14.2. The van der Waals surface area contributed by atoms with Crippen molar-refractivity contribution in [1.29, 1.82) is 0 Å². The number of hydrogen-bond donors (Lipinski definition) is 1. The van der Waals surface area contributed by atoms with Gasteiger partial charge in [-0.3, -0.25) is 14.3 Å². The first kappa shape index (κ1) is 20.9. The average Bonchev–Trinajstić information content (AvgIpc) is 3.51. The molecule has 1 amide bonds. The summed E-state index contributed by atoms with van der Waals surface area (Å²) >= 11 is 0. The van der Waals surface area contributed by atoms with E-state index < -0.39 is 5.91 Å². The van der Waals surface area contributed by atoms with Crippen LogP contribution >= 0.6 is 0 Å². The van der Waals surface area contributed by atoms with Crippen LogP contribution < -0.4 is 15.6 Å². The van der Waals surface area contributed by atoms with Crippen LogP contribution in [0.2, 0.25) is 0 Å². The van der Waals surface area contributed by atoms with Crippen LogP contribution in [0.1, 0.15) is 53.9 Å². The van der Waals surface area contributed by atoms with E-state index in [1.165, 1.54) is 18.1 Å². The summed E-state index contributed by atoms with van der Waals surface area (Å²) in [6.07, 6.45) is 8.77. The second-order valence-corrected chi connectivity index (χ2v) is 8.29. The number of aromatic nitrogens is 5. The normalized spacial score (nSPS) is 18.4. The Bertz CT molecular complexity index is 1350. The molecule has 5 rings (SSSR count). The maximum Gasteiger partial charge on any atom is 0.274 e. The van der Waals surface area contributed by atoms with Crippen LogP contribution in [0.5, 0.6) is 5.75 Å². The van der Waals surface area contributed by atoms with Gasteiger partial charge in [0.1, 0.15) is 11.4 Å². The van der Waals surface area contributed by atoms with Crippen molar-refractivity contribution in [3.63, 3.8) is 0 Å². The zero-order valence-corrected chi connectivity index (χ0v) is 18.4. The Balaban J connectivity index is 1.38. The van der Waals surface area contributed by atoms with Gasteiger partial charge in [-0.1, -0.05) is 0 Å². The Morgan fingerprint density at radius 2 is 2.06 bits per heavy atom. The van der Waals surface area contributed by atoms with Gasteiger partial charge in [-0.25, -0.2) is 0 Å². The highest BCUT2D eigenvalue weighted by atomic mass is 16.5. The minimum Gasteiger partial charge on any atom is -0.496 e.